The fraction of sp³-hybridized carbons (Fsp3) is 0.750. The summed E-state index contributed by atoms with van der Waals surface area (Å²) in [6, 6.07) is 9.72. The second-order valence-electron chi connectivity index (χ2n) is 9.45. The minimum Gasteiger partial charge on any atom is -0.494 e. The molecule has 2 atom stereocenters. The van der Waals surface area contributed by atoms with E-state index >= 15 is 0 Å². The lowest BCUT2D eigenvalue weighted by molar-refractivity contribution is 0.132. The van der Waals surface area contributed by atoms with Gasteiger partial charge in [0.05, 0.1) is 6.61 Å². The van der Waals surface area contributed by atoms with Crippen molar-refractivity contribution < 1.29 is 4.74 Å². The monoisotopic (exact) mass is 372 g/mol. The predicted molar refractivity (Wildman–Crippen MR) is 115 cm³/mol. The van der Waals surface area contributed by atoms with E-state index in [9.17, 15) is 0 Å². The summed E-state index contributed by atoms with van der Waals surface area (Å²) >= 11 is 0. The second-order valence-corrected chi connectivity index (χ2v) is 9.45. The molecule has 152 valence electrons. The first-order valence-corrected chi connectivity index (χ1v) is 11.1. The largest absolute Gasteiger partial charge is 0.494 e. The van der Waals surface area contributed by atoms with Gasteiger partial charge in [-0.1, -0.05) is 26.0 Å². The molecule has 3 heteroatoms. The third-order valence-corrected chi connectivity index (χ3v) is 6.61. The van der Waals surface area contributed by atoms with E-state index in [-0.39, 0.29) is 0 Å². The molecule has 2 aliphatic rings. The van der Waals surface area contributed by atoms with Crippen molar-refractivity contribution in [3.05, 3.63) is 29.8 Å². The topological polar surface area (TPSA) is 15.7 Å². The molecule has 1 saturated heterocycles. The number of ether oxygens (including phenoxy) is 1. The quantitative estimate of drug-likeness (QED) is 0.625. The molecule has 1 unspecified atom stereocenters. The minimum absolute atomic E-state index is 0.735. The van der Waals surface area contributed by atoms with Crippen molar-refractivity contribution in [1.82, 2.24) is 9.80 Å². The summed E-state index contributed by atoms with van der Waals surface area (Å²) in [7, 11) is 4.42. The lowest BCUT2D eigenvalue weighted by Crippen LogP contribution is -2.39. The fourth-order valence-electron chi connectivity index (χ4n) is 5.21. The van der Waals surface area contributed by atoms with E-state index in [1.54, 1.807) is 0 Å². The number of piperidine rings is 1. The maximum absolute atomic E-state index is 6.01. The zero-order valence-corrected chi connectivity index (χ0v) is 18.0. The lowest BCUT2D eigenvalue weighted by Gasteiger charge is -2.34. The van der Waals surface area contributed by atoms with Crippen molar-refractivity contribution in [2.24, 2.45) is 11.8 Å². The molecular weight excluding hydrogens is 332 g/mol. The molecule has 0 spiro atoms. The van der Waals surface area contributed by atoms with E-state index in [4.69, 9.17) is 4.74 Å². The van der Waals surface area contributed by atoms with Crippen LogP contribution in [-0.4, -0.2) is 56.2 Å². The van der Waals surface area contributed by atoms with Gasteiger partial charge in [-0.25, -0.2) is 0 Å². The Morgan fingerprint density at radius 2 is 1.59 bits per heavy atom. The Morgan fingerprint density at radius 1 is 0.963 bits per heavy atom. The van der Waals surface area contributed by atoms with Crippen molar-refractivity contribution in [3.63, 3.8) is 0 Å². The average molecular weight is 373 g/mol. The molecule has 1 aliphatic carbocycles. The van der Waals surface area contributed by atoms with Crippen molar-refractivity contribution in [2.75, 3.05) is 40.3 Å². The number of hydrogen-bond acceptors (Lipinski definition) is 3. The molecule has 3 rings (SSSR count). The van der Waals surface area contributed by atoms with Gasteiger partial charge in [0.2, 0.25) is 0 Å². The molecule has 1 aromatic carbocycles. The molecule has 1 saturated carbocycles. The molecule has 0 amide bonds. The summed E-state index contributed by atoms with van der Waals surface area (Å²) in [5, 5.41) is 0. The zero-order valence-electron chi connectivity index (χ0n) is 18.0. The summed E-state index contributed by atoms with van der Waals surface area (Å²) in [6.07, 6.45) is 7.78. The van der Waals surface area contributed by atoms with Crippen LogP contribution in [0.25, 0.3) is 0 Å². The Bertz CT molecular complexity index is 538. The van der Waals surface area contributed by atoms with E-state index in [0.29, 0.717) is 0 Å². The lowest BCUT2D eigenvalue weighted by atomic mass is 9.81. The third kappa shape index (κ3) is 6.22. The van der Waals surface area contributed by atoms with E-state index in [0.717, 1.165) is 42.6 Å². The molecule has 1 aliphatic heterocycles. The van der Waals surface area contributed by atoms with Gasteiger partial charge in [0.15, 0.2) is 0 Å². The Hall–Kier alpha value is -1.06. The third-order valence-electron chi connectivity index (χ3n) is 6.61. The van der Waals surface area contributed by atoms with E-state index in [2.05, 4.69) is 62.0 Å². The highest BCUT2D eigenvalue weighted by atomic mass is 16.5. The van der Waals surface area contributed by atoms with Crippen molar-refractivity contribution in [1.29, 1.82) is 0 Å². The molecular formula is C24H40N2O. The van der Waals surface area contributed by atoms with Crippen LogP contribution in [0, 0.1) is 11.8 Å². The predicted octanol–water partition coefficient (Wildman–Crippen LogP) is 5.02. The van der Waals surface area contributed by atoms with Gasteiger partial charge in [0, 0.05) is 25.7 Å². The van der Waals surface area contributed by atoms with Gasteiger partial charge < -0.3 is 14.5 Å². The first-order valence-electron chi connectivity index (χ1n) is 11.1. The Kier molecular flexibility index (Phi) is 7.60. The molecule has 0 bridgehead atoms. The van der Waals surface area contributed by atoms with Crippen LogP contribution < -0.4 is 4.74 Å². The molecule has 1 aromatic rings. The van der Waals surface area contributed by atoms with Crippen LogP contribution in [0.3, 0.4) is 0 Å². The molecule has 2 fully saturated rings. The zero-order chi connectivity index (χ0) is 19.2. The minimum atomic E-state index is 0.735. The molecule has 0 aromatic heterocycles. The van der Waals surface area contributed by atoms with Gasteiger partial charge in [0.1, 0.15) is 5.75 Å². The van der Waals surface area contributed by atoms with Gasteiger partial charge in [-0.3, -0.25) is 0 Å². The smallest absolute Gasteiger partial charge is 0.119 e. The normalized spacial score (nSPS) is 29.8. The Balaban J connectivity index is 1.37. The van der Waals surface area contributed by atoms with E-state index in [1.807, 2.05) is 0 Å². The Labute approximate surface area is 167 Å². The van der Waals surface area contributed by atoms with Gasteiger partial charge in [0.25, 0.3) is 0 Å². The molecule has 1 heterocycles. The van der Waals surface area contributed by atoms with E-state index in [1.165, 1.54) is 57.3 Å². The van der Waals surface area contributed by atoms with Crippen LogP contribution in [0.15, 0.2) is 24.3 Å². The molecule has 3 nitrogen and oxygen atoms in total. The van der Waals surface area contributed by atoms with Crippen LogP contribution in [-0.2, 0) is 0 Å². The van der Waals surface area contributed by atoms with Gasteiger partial charge >= 0.3 is 0 Å². The summed E-state index contributed by atoms with van der Waals surface area (Å²) < 4.78 is 6.01. The van der Waals surface area contributed by atoms with Crippen molar-refractivity contribution >= 4 is 0 Å². The highest BCUT2D eigenvalue weighted by molar-refractivity contribution is 5.29. The van der Waals surface area contributed by atoms with E-state index < -0.39 is 0 Å². The number of likely N-dealkylation sites (tertiary alicyclic amines) is 1. The molecule has 0 radical (unpaired) electrons. The highest BCUT2D eigenvalue weighted by Gasteiger charge is 2.23. The Morgan fingerprint density at radius 3 is 2.19 bits per heavy atom. The number of hydrogen-bond donors (Lipinski definition) is 0. The van der Waals surface area contributed by atoms with Crippen molar-refractivity contribution in [3.8, 4) is 5.75 Å². The summed E-state index contributed by atoms with van der Waals surface area (Å²) in [5.74, 6) is 3.45. The van der Waals surface area contributed by atoms with Gasteiger partial charge in [-0.2, -0.15) is 0 Å². The van der Waals surface area contributed by atoms with Crippen LogP contribution >= 0.6 is 0 Å². The number of benzene rings is 1. The first-order chi connectivity index (χ1) is 13.0. The summed E-state index contributed by atoms with van der Waals surface area (Å²) in [4.78, 5) is 5.01. The summed E-state index contributed by atoms with van der Waals surface area (Å²) in [6.45, 7) is 9.28. The number of rotatable bonds is 7. The number of nitrogens with zero attached hydrogens (tertiary/aromatic N) is 2. The van der Waals surface area contributed by atoms with Crippen LogP contribution in [0.4, 0.5) is 0 Å². The maximum atomic E-state index is 6.01. The van der Waals surface area contributed by atoms with Gasteiger partial charge in [-0.05, 0) is 88.1 Å². The van der Waals surface area contributed by atoms with Crippen LogP contribution in [0.1, 0.15) is 63.9 Å². The molecule has 27 heavy (non-hydrogen) atoms. The fourth-order valence-corrected chi connectivity index (χ4v) is 5.21. The first kappa shape index (κ1) is 20.7. The average Bonchev–Trinajstić information content (AvgIpc) is 2.65. The van der Waals surface area contributed by atoms with Crippen molar-refractivity contribution in [2.45, 2.75) is 64.3 Å². The second kappa shape index (κ2) is 9.93. The van der Waals surface area contributed by atoms with Crippen LogP contribution in [0.5, 0.6) is 5.75 Å². The SMILES string of the molecule is CC1C[C@H](C)CN(CCCOc2ccc(C3CCC(N(C)C)CC3)cc2)C1. The maximum Gasteiger partial charge on any atom is 0.119 e. The van der Waals surface area contributed by atoms with Gasteiger partial charge in [-0.15, -0.1) is 0 Å². The standard InChI is InChI=1S/C24H40N2O/c1-19-16-20(2)18-26(17-19)14-5-15-27-24-12-8-22(9-13-24)21-6-10-23(11-7-21)25(3)4/h8-9,12-13,19-21,23H,5-7,10-11,14-18H2,1-4H3/t19-,20?,21?,23?/m0/s1. The van der Waals surface area contributed by atoms with Crippen LogP contribution in [0.2, 0.25) is 0 Å². The summed E-state index contributed by atoms with van der Waals surface area (Å²) in [5.41, 5.74) is 1.50. The highest BCUT2D eigenvalue weighted by Crippen LogP contribution is 2.34. The molecule has 0 N–H and O–H groups in total.